The summed E-state index contributed by atoms with van der Waals surface area (Å²) in [6.45, 7) is 5.12. The molecule has 0 aromatic heterocycles. The maximum Gasteiger partial charge on any atom is 0.239 e. The summed E-state index contributed by atoms with van der Waals surface area (Å²) >= 11 is 12.8. The maximum absolute atomic E-state index is 12.9. The van der Waals surface area contributed by atoms with Crippen molar-refractivity contribution in [1.29, 1.82) is 0 Å². The minimum Gasteiger partial charge on any atom is -0.301 e. The molecule has 4 rings (SSSR count). The Morgan fingerprint density at radius 3 is 2.46 bits per heavy atom. The first-order valence-corrected chi connectivity index (χ1v) is 10.1. The van der Waals surface area contributed by atoms with Gasteiger partial charge in [-0.3, -0.25) is 9.59 Å². The van der Waals surface area contributed by atoms with Gasteiger partial charge in [-0.05, 0) is 41.9 Å². The first kappa shape index (κ1) is 19.4. The van der Waals surface area contributed by atoms with Crippen LogP contribution in [0.3, 0.4) is 0 Å². The molecule has 6 heteroatoms. The highest BCUT2D eigenvalue weighted by Gasteiger charge is 2.46. The summed E-state index contributed by atoms with van der Waals surface area (Å²) < 4.78 is 0. The predicted octanol–water partition coefficient (Wildman–Crippen LogP) is 4.86. The molecule has 0 spiro atoms. The SMILES string of the molecule is CN1Cc2c(Cl)cc(Cl)cc2C(c2ccccc2N2C(=O)CC(C)(C)C2=O)C1. The second-order valence-corrected chi connectivity index (χ2v) is 9.20. The van der Waals surface area contributed by atoms with Crippen molar-refractivity contribution >= 4 is 40.7 Å². The summed E-state index contributed by atoms with van der Waals surface area (Å²) in [5.41, 5.74) is 3.01. The van der Waals surface area contributed by atoms with Gasteiger partial charge >= 0.3 is 0 Å². The highest BCUT2D eigenvalue weighted by atomic mass is 35.5. The van der Waals surface area contributed by atoms with E-state index >= 15 is 0 Å². The van der Waals surface area contributed by atoms with Crippen LogP contribution in [-0.2, 0) is 16.1 Å². The van der Waals surface area contributed by atoms with Crippen molar-refractivity contribution in [3.63, 3.8) is 0 Å². The van der Waals surface area contributed by atoms with E-state index in [1.807, 2.05) is 51.2 Å². The topological polar surface area (TPSA) is 40.6 Å². The minimum absolute atomic E-state index is 0.0366. The normalized spacial score (nSPS) is 21.9. The van der Waals surface area contributed by atoms with Gasteiger partial charge < -0.3 is 4.90 Å². The molecule has 0 bridgehead atoms. The fourth-order valence-corrected chi connectivity index (χ4v) is 4.86. The molecule has 0 saturated carbocycles. The average molecular weight is 417 g/mol. The Labute approximate surface area is 175 Å². The second-order valence-electron chi connectivity index (χ2n) is 8.36. The zero-order valence-electron chi connectivity index (χ0n) is 16.1. The van der Waals surface area contributed by atoms with Crippen LogP contribution in [0.5, 0.6) is 0 Å². The lowest BCUT2D eigenvalue weighted by molar-refractivity contribution is -0.124. The molecular weight excluding hydrogens is 395 g/mol. The van der Waals surface area contributed by atoms with Crippen LogP contribution in [-0.4, -0.2) is 30.3 Å². The first-order chi connectivity index (χ1) is 13.2. The van der Waals surface area contributed by atoms with E-state index in [1.165, 1.54) is 4.90 Å². The zero-order valence-corrected chi connectivity index (χ0v) is 17.6. The number of nitrogens with zero attached hydrogens (tertiary/aromatic N) is 2. The van der Waals surface area contributed by atoms with Crippen LogP contribution < -0.4 is 4.90 Å². The number of imide groups is 1. The summed E-state index contributed by atoms with van der Waals surface area (Å²) in [5.74, 6) is -0.347. The van der Waals surface area contributed by atoms with Gasteiger partial charge in [-0.2, -0.15) is 0 Å². The monoisotopic (exact) mass is 416 g/mol. The lowest BCUT2D eigenvalue weighted by Crippen LogP contribution is -2.36. The quantitative estimate of drug-likeness (QED) is 0.656. The number of fused-ring (bicyclic) bond motifs is 1. The van der Waals surface area contributed by atoms with Crippen LogP contribution in [0.25, 0.3) is 0 Å². The Morgan fingerprint density at radius 2 is 1.79 bits per heavy atom. The van der Waals surface area contributed by atoms with Gasteiger partial charge in [0.05, 0.1) is 11.1 Å². The number of benzene rings is 2. The van der Waals surface area contributed by atoms with Gasteiger partial charge in [-0.15, -0.1) is 0 Å². The van der Waals surface area contributed by atoms with E-state index in [2.05, 4.69) is 4.90 Å². The van der Waals surface area contributed by atoms with Crippen molar-refractivity contribution in [3.05, 3.63) is 63.1 Å². The van der Waals surface area contributed by atoms with Gasteiger partial charge in [0.2, 0.25) is 11.8 Å². The van der Waals surface area contributed by atoms with Crippen LogP contribution in [0.15, 0.2) is 36.4 Å². The fraction of sp³-hybridized carbons (Fsp3) is 0.364. The average Bonchev–Trinajstić information content (AvgIpc) is 2.82. The molecule has 1 saturated heterocycles. The summed E-state index contributed by atoms with van der Waals surface area (Å²) in [4.78, 5) is 29.2. The van der Waals surface area contributed by atoms with Crippen LogP contribution in [0.2, 0.25) is 10.0 Å². The van der Waals surface area contributed by atoms with E-state index in [9.17, 15) is 9.59 Å². The van der Waals surface area contributed by atoms with Crippen molar-refractivity contribution in [3.8, 4) is 0 Å². The highest BCUT2D eigenvalue weighted by Crippen LogP contribution is 2.43. The van der Waals surface area contributed by atoms with Gasteiger partial charge in [0.25, 0.3) is 0 Å². The predicted molar refractivity (Wildman–Crippen MR) is 112 cm³/mol. The third-order valence-corrected chi connectivity index (χ3v) is 6.23. The van der Waals surface area contributed by atoms with Crippen molar-refractivity contribution in [1.82, 2.24) is 4.90 Å². The van der Waals surface area contributed by atoms with E-state index in [4.69, 9.17) is 23.2 Å². The number of amides is 2. The molecule has 2 aromatic rings. The Balaban J connectivity index is 1.87. The largest absolute Gasteiger partial charge is 0.301 e. The lowest BCUT2D eigenvalue weighted by Gasteiger charge is -2.35. The lowest BCUT2D eigenvalue weighted by atomic mass is 9.83. The Hall–Kier alpha value is -1.88. The van der Waals surface area contributed by atoms with E-state index in [0.29, 0.717) is 15.7 Å². The second kappa shape index (κ2) is 6.87. The number of carbonyl (C=O) groups excluding carboxylic acids is 2. The van der Waals surface area contributed by atoms with Gasteiger partial charge in [0.1, 0.15) is 0 Å². The molecule has 2 aliphatic heterocycles. The standard InChI is InChI=1S/C22H22Cl2N2O2/c1-22(2)10-20(27)26(21(22)28)19-7-5-4-6-14(19)16-11-25(3)12-17-15(16)8-13(23)9-18(17)24/h4-9,16H,10-12H2,1-3H3. The maximum atomic E-state index is 12.9. The van der Waals surface area contributed by atoms with Crippen LogP contribution in [0.1, 0.15) is 42.9 Å². The van der Waals surface area contributed by atoms with Crippen molar-refractivity contribution in [2.24, 2.45) is 5.41 Å². The first-order valence-electron chi connectivity index (χ1n) is 9.32. The van der Waals surface area contributed by atoms with E-state index in [1.54, 1.807) is 6.07 Å². The van der Waals surface area contributed by atoms with Crippen molar-refractivity contribution in [2.75, 3.05) is 18.5 Å². The van der Waals surface area contributed by atoms with Crippen LogP contribution in [0.4, 0.5) is 5.69 Å². The minimum atomic E-state index is -0.682. The number of hydrogen-bond acceptors (Lipinski definition) is 3. The molecule has 2 aromatic carbocycles. The molecular formula is C22H22Cl2N2O2. The van der Waals surface area contributed by atoms with E-state index < -0.39 is 5.41 Å². The van der Waals surface area contributed by atoms with Gasteiger partial charge in [-0.25, -0.2) is 4.90 Å². The molecule has 2 amide bonds. The molecule has 0 radical (unpaired) electrons. The molecule has 4 nitrogen and oxygen atoms in total. The number of rotatable bonds is 2. The molecule has 1 unspecified atom stereocenters. The molecule has 2 heterocycles. The number of carbonyl (C=O) groups is 2. The Kier molecular flexibility index (Phi) is 4.77. The van der Waals surface area contributed by atoms with Crippen LogP contribution in [0, 0.1) is 5.41 Å². The third-order valence-electron chi connectivity index (χ3n) is 5.67. The number of hydrogen-bond donors (Lipinski definition) is 0. The summed E-state index contributed by atoms with van der Waals surface area (Å²) in [7, 11) is 2.04. The number of anilines is 1. The number of likely N-dealkylation sites (N-methyl/N-ethyl adjacent to an activating group) is 1. The molecule has 2 aliphatic rings. The smallest absolute Gasteiger partial charge is 0.239 e. The van der Waals surface area contributed by atoms with E-state index in [-0.39, 0.29) is 24.2 Å². The molecule has 0 aliphatic carbocycles. The Bertz CT molecular complexity index is 986. The number of halogens is 2. The van der Waals surface area contributed by atoms with Crippen molar-refractivity contribution in [2.45, 2.75) is 32.7 Å². The summed E-state index contributed by atoms with van der Waals surface area (Å²) in [6, 6.07) is 11.4. The molecule has 28 heavy (non-hydrogen) atoms. The molecule has 1 fully saturated rings. The van der Waals surface area contributed by atoms with Crippen LogP contribution >= 0.6 is 23.2 Å². The summed E-state index contributed by atoms with van der Waals surface area (Å²) in [5, 5.41) is 1.23. The third kappa shape index (κ3) is 3.14. The molecule has 1 atom stereocenters. The van der Waals surface area contributed by atoms with Gasteiger partial charge in [0, 0.05) is 35.5 Å². The van der Waals surface area contributed by atoms with E-state index in [0.717, 1.165) is 29.8 Å². The summed E-state index contributed by atoms with van der Waals surface area (Å²) in [6.07, 6.45) is 0.221. The van der Waals surface area contributed by atoms with Gasteiger partial charge in [-0.1, -0.05) is 55.2 Å². The fourth-order valence-electron chi connectivity index (χ4n) is 4.29. The highest BCUT2D eigenvalue weighted by molar-refractivity contribution is 6.35. The zero-order chi connectivity index (χ0) is 20.2. The van der Waals surface area contributed by atoms with Gasteiger partial charge in [0.15, 0.2) is 0 Å². The Morgan fingerprint density at radius 1 is 1.07 bits per heavy atom. The van der Waals surface area contributed by atoms with Crippen molar-refractivity contribution < 1.29 is 9.59 Å². The molecule has 146 valence electrons. The number of para-hydroxylation sites is 1. The molecule has 0 N–H and O–H groups in total.